The van der Waals surface area contributed by atoms with Crippen LogP contribution in [0.3, 0.4) is 0 Å². The standard InChI is InChI=1S/C16H13ClFNO/c1-9-5-11(7-12(17)6-9)15(19)14-8-10-3-2-4-13(18)16(10)20-14/h2-8,15H,19H2,1H3. The Morgan fingerprint density at radius 2 is 2.00 bits per heavy atom. The zero-order chi connectivity index (χ0) is 14.3. The van der Waals surface area contributed by atoms with E-state index in [9.17, 15) is 4.39 Å². The van der Waals surface area contributed by atoms with Gasteiger partial charge >= 0.3 is 0 Å². The Bertz CT molecular complexity index is 761. The summed E-state index contributed by atoms with van der Waals surface area (Å²) in [7, 11) is 0. The number of hydrogen-bond acceptors (Lipinski definition) is 2. The smallest absolute Gasteiger partial charge is 0.169 e. The van der Waals surface area contributed by atoms with Crippen molar-refractivity contribution in [1.82, 2.24) is 0 Å². The van der Waals surface area contributed by atoms with Crippen LogP contribution in [0.2, 0.25) is 5.02 Å². The molecule has 0 amide bonds. The molecule has 0 fully saturated rings. The van der Waals surface area contributed by atoms with Crippen molar-refractivity contribution < 1.29 is 8.81 Å². The molecule has 0 aliphatic heterocycles. The third kappa shape index (κ3) is 2.30. The summed E-state index contributed by atoms with van der Waals surface area (Å²) in [5.41, 5.74) is 8.29. The Morgan fingerprint density at radius 3 is 2.70 bits per heavy atom. The highest BCUT2D eigenvalue weighted by Crippen LogP contribution is 2.29. The summed E-state index contributed by atoms with van der Waals surface area (Å²) in [6.07, 6.45) is 0. The lowest BCUT2D eigenvalue weighted by molar-refractivity contribution is 0.502. The molecule has 20 heavy (non-hydrogen) atoms. The van der Waals surface area contributed by atoms with Crippen molar-refractivity contribution in [3.63, 3.8) is 0 Å². The van der Waals surface area contributed by atoms with Gasteiger partial charge in [0.05, 0.1) is 6.04 Å². The Morgan fingerprint density at radius 1 is 1.20 bits per heavy atom. The van der Waals surface area contributed by atoms with Gasteiger partial charge in [0, 0.05) is 10.4 Å². The molecule has 3 rings (SSSR count). The minimum atomic E-state index is -0.473. The van der Waals surface area contributed by atoms with E-state index in [1.54, 1.807) is 24.3 Å². The van der Waals surface area contributed by atoms with E-state index in [0.29, 0.717) is 16.2 Å². The van der Waals surface area contributed by atoms with Gasteiger partial charge in [-0.25, -0.2) is 4.39 Å². The van der Waals surface area contributed by atoms with Crippen LogP contribution >= 0.6 is 11.6 Å². The van der Waals surface area contributed by atoms with E-state index in [1.165, 1.54) is 6.07 Å². The lowest BCUT2D eigenvalue weighted by Gasteiger charge is -2.10. The molecule has 0 aliphatic carbocycles. The monoisotopic (exact) mass is 289 g/mol. The van der Waals surface area contributed by atoms with Crippen LogP contribution in [0.1, 0.15) is 22.9 Å². The minimum Gasteiger partial charge on any atom is -0.456 e. The Hall–Kier alpha value is -1.84. The molecule has 102 valence electrons. The largest absolute Gasteiger partial charge is 0.456 e. The SMILES string of the molecule is Cc1cc(Cl)cc(C(N)c2cc3cccc(F)c3o2)c1. The maximum absolute atomic E-state index is 13.6. The molecule has 2 N–H and O–H groups in total. The van der Waals surface area contributed by atoms with Crippen molar-refractivity contribution >= 4 is 22.6 Å². The topological polar surface area (TPSA) is 39.2 Å². The molecule has 0 radical (unpaired) electrons. The van der Waals surface area contributed by atoms with Gasteiger partial charge < -0.3 is 10.2 Å². The van der Waals surface area contributed by atoms with Crippen LogP contribution < -0.4 is 5.73 Å². The van der Waals surface area contributed by atoms with E-state index in [1.807, 2.05) is 19.1 Å². The lowest BCUT2D eigenvalue weighted by atomic mass is 10.0. The van der Waals surface area contributed by atoms with Crippen LogP contribution in [0.25, 0.3) is 11.0 Å². The minimum absolute atomic E-state index is 0.233. The Kier molecular flexibility index (Phi) is 3.24. The molecule has 1 aromatic heterocycles. The molecule has 0 saturated carbocycles. The number of halogens is 2. The number of nitrogens with two attached hydrogens (primary N) is 1. The van der Waals surface area contributed by atoms with Gasteiger partial charge in [-0.15, -0.1) is 0 Å². The number of fused-ring (bicyclic) bond motifs is 1. The number of para-hydroxylation sites is 1. The summed E-state index contributed by atoms with van der Waals surface area (Å²) in [5.74, 6) is 0.134. The van der Waals surface area contributed by atoms with Gasteiger partial charge in [-0.05, 0) is 42.3 Å². The summed E-state index contributed by atoms with van der Waals surface area (Å²) in [6, 6.07) is 11.7. The number of hydrogen-bond donors (Lipinski definition) is 1. The highest BCUT2D eigenvalue weighted by molar-refractivity contribution is 6.30. The predicted molar refractivity (Wildman–Crippen MR) is 78.4 cm³/mol. The first kappa shape index (κ1) is 13.2. The van der Waals surface area contributed by atoms with Crippen LogP contribution in [0.5, 0.6) is 0 Å². The van der Waals surface area contributed by atoms with Crippen molar-refractivity contribution in [3.05, 3.63) is 70.2 Å². The van der Waals surface area contributed by atoms with E-state index >= 15 is 0 Å². The van der Waals surface area contributed by atoms with Crippen molar-refractivity contribution in [2.45, 2.75) is 13.0 Å². The molecule has 2 nitrogen and oxygen atoms in total. The van der Waals surface area contributed by atoms with Crippen LogP contribution in [-0.2, 0) is 0 Å². The summed E-state index contributed by atoms with van der Waals surface area (Å²) in [6.45, 7) is 1.94. The highest BCUT2D eigenvalue weighted by atomic mass is 35.5. The average Bonchev–Trinajstić information content (AvgIpc) is 2.82. The van der Waals surface area contributed by atoms with Gasteiger partial charge in [0.15, 0.2) is 11.4 Å². The van der Waals surface area contributed by atoms with E-state index in [2.05, 4.69) is 0 Å². The summed E-state index contributed by atoms with van der Waals surface area (Å²) < 4.78 is 19.2. The second-order valence-electron chi connectivity index (χ2n) is 4.85. The van der Waals surface area contributed by atoms with Gasteiger partial charge in [0.1, 0.15) is 5.76 Å². The van der Waals surface area contributed by atoms with Gasteiger partial charge in [-0.2, -0.15) is 0 Å². The molecule has 1 unspecified atom stereocenters. The van der Waals surface area contributed by atoms with E-state index in [-0.39, 0.29) is 11.4 Å². The van der Waals surface area contributed by atoms with Crippen LogP contribution in [0.4, 0.5) is 4.39 Å². The fourth-order valence-corrected chi connectivity index (χ4v) is 2.61. The molecular formula is C16H13ClFNO. The average molecular weight is 290 g/mol. The van der Waals surface area contributed by atoms with Gasteiger partial charge in [0.2, 0.25) is 0 Å². The number of furan rings is 1. The third-order valence-electron chi connectivity index (χ3n) is 3.25. The molecule has 1 heterocycles. The summed E-state index contributed by atoms with van der Waals surface area (Å²) in [4.78, 5) is 0. The summed E-state index contributed by atoms with van der Waals surface area (Å²) in [5, 5.41) is 1.33. The molecule has 0 aliphatic rings. The number of benzene rings is 2. The van der Waals surface area contributed by atoms with Crippen LogP contribution in [0, 0.1) is 12.7 Å². The van der Waals surface area contributed by atoms with Crippen LogP contribution in [0.15, 0.2) is 46.9 Å². The molecule has 2 aromatic carbocycles. The van der Waals surface area contributed by atoms with E-state index in [0.717, 1.165) is 11.1 Å². The maximum Gasteiger partial charge on any atom is 0.169 e. The fraction of sp³-hybridized carbons (Fsp3) is 0.125. The molecule has 0 bridgehead atoms. The maximum atomic E-state index is 13.6. The first-order valence-electron chi connectivity index (χ1n) is 6.25. The molecule has 1 atom stereocenters. The Labute approximate surface area is 121 Å². The fourth-order valence-electron chi connectivity index (χ4n) is 2.31. The second-order valence-corrected chi connectivity index (χ2v) is 5.28. The van der Waals surface area contributed by atoms with Gasteiger partial charge in [-0.1, -0.05) is 29.8 Å². The molecule has 0 spiro atoms. The lowest BCUT2D eigenvalue weighted by Crippen LogP contribution is -2.11. The van der Waals surface area contributed by atoms with Crippen molar-refractivity contribution in [3.8, 4) is 0 Å². The molecule has 4 heteroatoms. The third-order valence-corrected chi connectivity index (χ3v) is 3.46. The van der Waals surface area contributed by atoms with E-state index in [4.69, 9.17) is 21.8 Å². The second kappa shape index (κ2) is 4.93. The van der Waals surface area contributed by atoms with Crippen molar-refractivity contribution in [1.29, 1.82) is 0 Å². The number of rotatable bonds is 2. The highest BCUT2D eigenvalue weighted by Gasteiger charge is 2.16. The zero-order valence-corrected chi connectivity index (χ0v) is 11.6. The Balaban J connectivity index is 2.07. The first-order chi connectivity index (χ1) is 9.54. The zero-order valence-electron chi connectivity index (χ0n) is 10.9. The number of aryl methyl sites for hydroxylation is 1. The van der Waals surface area contributed by atoms with Gasteiger partial charge in [-0.3, -0.25) is 0 Å². The van der Waals surface area contributed by atoms with E-state index < -0.39 is 6.04 Å². The molecule has 3 aromatic rings. The van der Waals surface area contributed by atoms with Gasteiger partial charge in [0.25, 0.3) is 0 Å². The molecular weight excluding hydrogens is 277 g/mol. The van der Waals surface area contributed by atoms with Crippen molar-refractivity contribution in [2.75, 3.05) is 0 Å². The van der Waals surface area contributed by atoms with Crippen molar-refractivity contribution in [2.24, 2.45) is 5.73 Å². The first-order valence-corrected chi connectivity index (χ1v) is 6.63. The van der Waals surface area contributed by atoms with Crippen LogP contribution in [-0.4, -0.2) is 0 Å². The quantitative estimate of drug-likeness (QED) is 0.750. The normalized spacial score (nSPS) is 12.8. The summed E-state index contributed by atoms with van der Waals surface area (Å²) >= 11 is 6.04. The predicted octanol–water partition coefficient (Wildman–Crippen LogP) is 4.58. The molecule has 0 saturated heterocycles.